The quantitative estimate of drug-likeness (QED) is 0.786. The van der Waals surface area contributed by atoms with Crippen molar-refractivity contribution in [3.8, 4) is 10.7 Å². The Morgan fingerprint density at radius 3 is 2.65 bits per heavy atom. The molecule has 0 aliphatic carbocycles. The van der Waals surface area contributed by atoms with E-state index < -0.39 is 11.7 Å². The minimum absolute atomic E-state index is 0.00252. The van der Waals surface area contributed by atoms with Crippen LogP contribution >= 0.6 is 11.3 Å². The van der Waals surface area contributed by atoms with Crippen LogP contribution in [0.4, 0.5) is 10.3 Å². The zero-order valence-electron chi connectivity index (χ0n) is 10.2. The van der Waals surface area contributed by atoms with Gasteiger partial charge in [0.25, 0.3) is 5.91 Å². The van der Waals surface area contributed by atoms with Gasteiger partial charge in [-0.1, -0.05) is 6.07 Å². The van der Waals surface area contributed by atoms with Crippen LogP contribution in [0, 0.1) is 5.82 Å². The van der Waals surface area contributed by atoms with E-state index in [1.165, 1.54) is 35.6 Å². The van der Waals surface area contributed by atoms with Crippen molar-refractivity contribution in [2.75, 3.05) is 5.73 Å². The molecule has 0 fully saturated rings. The van der Waals surface area contributed by atoms with Gasteiger partial charge in [0.15, 0.2) is 5.82 Å². The third-order valence-electron chi connectivity index (χ3n) is 2.66. The standard InChI is InChI=1S/C13H9FN4OS/c14-9-5-3-8(4-6-9)12(19)18-13(15)16-11(17-18)10-2-1-7-20-10/h1-7H,(H2,15,16,17). The highest BCUT2D eigenvalue weighted by Crippen LogP contribution is 2.22. The van der Waals surface area contributed by atoms with E-state index in [9.17, 15) is 9.18 Å². The largest absolute Gasteiger partial charge is 0.368 e. The number of hydrogen-bond acceptors (Lipinski definition) is 5. The summed E-state index contributed by atoms with van der Waals surface area (Å²) in [5.41, 5.74) is 6.01. The van der Waals surface area contributed by atoms with E-state index in [0.29, 0.717) is 11.4 Å². The number of carbonyl (C=O) groups is 1. The molecule has 0 amide bonds. The second-order valence-corrected chi connectivity index (χ2v) is 4.94. The van der Waals surface area contributed by atoms with E-state index >= 15 is 0 Å². The molecule has 3 rings (SSSR count). The van der Waals surface area contributed by atoms with Gasteiger partial charge in [0, 0.05) is 5.56 Å². The number of nitrogens with two attached hydrogens (primary N) is 1. The molecule has 0 aliphatic rings. The summed E-state index contributed by atoms with van der Waals surface area (Å²) in [6.07, 6.45) is 0. The monoisotopic (exact) mass is 288 g/mol. The van der Waals surface area contributed by atoms with Crippen LogP contribution in [0.25, 0.3) is 10.7 Å². The lowest BCUT2D eigenvalue weighted by Crippen LogP contribution is -2.16. The van der Waals surface area contributed by atoms with Gasteiger partial charge in [-0.3, -0.25) is 4.79 Å². The molecule has 3 aromatic rings. The molecule has 20 heavy (non-hydrogen) atoms. The number of halogens is 1. The second kappa shape index (κ2) is 4.86. The topological polar surface area (TPSA) is 73.8 Å². The number of aromatic nitrogens is 3. The van der Waals surface area contributed by atoms with Gasteiger partial charge in [0.2, 0.25) is 5.95 Å². The average Bonchev–Trinajstić information content (AvgIpc) is 3.08. The number of thiophene rings is 1. The lowest BCUT2D eigenvalue weighted by atomic mass is 10.2. The minimum atomic E-state index is -0.446. The van der Waals surface area contributed by atoms with Gasteiger partial charge in [-0.05, 0) is 35.7 Å². The van der Waals surface area contributed by atoms with Gasteiger partial charge in [-0.15, -0.1) is 16.4 Å². The van der Waals surface area contributed by atoms with Crippen LogP contribution in [0.5, 0.6) is 0 Å². The molecule has 0 saturated carbocycles. The maximum absolute atomic E-state index is 12.9. The Bertz CT molecular complexity index is 749. The van der Waals surface area contributed by atoms with Crippen molar-refractivity contribution in [1.82, 2.24) is 14.8 Å². The molecule has 5 nitrogen and oxygen atoms in total. The van der Waals surface area contributed by atoms with Crippen molar-refractivity contribution in [3.05, 3.63) is 53.2 Å². The Labute approximate surface area is 117 Å². The molecule has 0 atom stereocenters. The van der Waals surface area contributed by atoms with Gasteiger partial charge in [-0.25, -0.2) is 4.39 Å². The molecule has 7 heteroatoms. The van der Waals surface area contributed by atoms with E-state index in [4.69, 9.17) is 5.73 Å². The first kappa shape index (κ1) is 12.5. The lowest BCUT2D eigenvalue weighted by molar-refractivity contribution is 0.0948. The highest BCUT2D eigenvalue weighted by atomic mass is 32.1. The predicted molar refractivity (Wildman–Crippen MR) is 73.9 cm³/mol. The third kappa shape index (κ3) is 2.19. The molecule has 2 N–H and O–H groups in total. The Morgan fingerprint density at radius 2 is 2.00 bits per heavy atom. The Balaban J connectivity index is 1.98. The molecular weight excluding hydrogens is 279 g/mol. The van der Waals surface area contributed by atoms with Crippen LogP contribution in [-0.4, -0.2) is 20.7 Å². The number of rotatable bonds is 2. The van der Waals surface area contributed by atoms with Gasteiger partial charge >= 0.3 is 0 Å². The normalized spacial score (nSPS) is 10.7. The van der Waals surface area contributed by atoms with Gasteiger partial charge in [0.1, 0.15) is 5.82 Å². The molecule has 1 aromatic carbocycles. The molecule has 0 bridgehead atoms. The minimum Gasteiger partial charge on any atom is -0.368 e. The first-order valence-corrected chi connectivity index (χ1v) is 6.60. The summed E-state index contributed by atoms with van der Waals surface area (Å²) in [7, 11) is 0. The van der Waals surface area contributed by atoms with Crippen molar-refractivity contribution >= 4 is 23.2 Å². The van der Waals surface area contributed by atoms with Crippen LogP contribution in [-0.2, 0) is 0 Å². The van der Waals surface area contributed by atoms with Crippen LogP contribution in [0.15, 0.2) is 41.8 Å². The lowest BCUT2D eigenvalue weighted by Gasteiger charge is -2.01. The summed E-state index contributed by atoms with van der Waals surface area (Å²) in [6.45, 7) is 0. The number of hydrogen-bond donors (Lipinski definition) is 1. The van der Waals surface area contributed by atoms with Crippen molar-refractivity contribution in [1.29, 1.82) is 0 Å². The van der Waals surface area contributed by atoms with E-state index in [1.54, 1.807) is 0 Å². The smallest absolute Gasteiger partial charge is 0.281 e. The first-order chi connectivity index (χ1) is 9.65. The number of anilines is 1. The zero-order valence-corrected chi connectivity index (χ0v) is 11.0. The number of carbonyl (C=O) groups excluding carboxylic acids is 1. The van der Waals surface area contributed by atoms with Crippen LogP contribution in [0.1, 0.15) is 10.4 Å². The van der Waals surface area contributed by atoms with E-state index in [0.717, 1.165) is 9.56 Å². The number of nitrogen functional groups attached to an aromatic ring is 1. The Hall–Kier alpha value is -2.54. The summed E-state index contributed by atoms with van der Waals surface area (Å²) in [6, 6.07) is 8.87. The summed E-state index contributed by atoms with van der Waals surface area (Å²) >= 11 is 1.45. The molecule has 2 aromatic heterocycles. The molecule has 0 aliphatic heterocycles. The summed E-state index contributed by atoms with van der Waals surface area (Å²) < 4.78 is 13.9. The highest BCUT2D eigenvalue weighted by molar-refractivity contribution is 7.13. The number of nitrogens with zero attached hydrogens (tertiary/aromatic N) is 3. The molecule has 2 heterocycles. The maximum Gasteiger partial charge on any atom is 0.281 e. The first-order valence-electron chi connectivity index (χ1n) is 5.72. The fourth-order valence-corrected chi connectivity index (χ4v) is 2.35. The van der Waals surface area contributed by atoms with E-state index in [-0.39, 0.29) is 5.95 Å². The van der Waals surface area contributed by atoms with Crippen LogP contribution < -0.4 is 5.73 Å². The van der Waals surface area contributed by atoms with E-state index in [2.05, 4.69) is 10.1 Å². The molecule has 0 spiro atoms. The molecule has 0 unspecified atom stereocenters. The SMILES string of the molecule is Nc1nc(-c2cccs2)nn1C(=O)c1ccc(F)cc1. The third-order valence-corrected chi connectivity index (χ3v) is 3.52. The van der Waals surface area contributed by atoms with Crippen molar-refractivity contribution in [2.45, 2.75) is 0 Å². The fraction of sp³-hybridized carbons (Fsp3) is 0. The summed E-state index contributed by atoms with van der Waals surface area (Å²) in [4.78, 5) is 17.1. The highest BCUT2D eigenvalue weighted by Gasteiger charge is 2.17. The predicted octanol–water partition coefficient (Wildman–Crippen LogP) is 2.42. The van der Waals surface area contributed by atoms with Gasteiger partial charge in [-0.2, -0.15) is 9.67 Å². The number of benzene rings is 1. The average molecular weight is 288 g/mol. The molecule has 0 radical (unpaired) electrons. The van der Waals surface area contributed by atoms with Gasteiger partial charge < -0.3 is 5.73 Å². The zero-order chi connectivity index (χ0) is 14.1. The van der Waals surface area contributed by atoms with Crippen molar-refractivity contribution in [3.63, 3.8) is 0 Å². The molecular formula is C13H9FN4OS. The van der Waals surface area contributed by atoms with Crippen molar-refractivity contribution < 1.29 is 9.18 Å². The second-order valence-electron chi connectivity index (χ2n) is 3.99. The Morgan fingerprint density at radius 1 is 1.25 bits per heavy atom. The van der Waals surface area contributed by atoms with Crippen LogP contribution in [0.3, 0.4) is 0 Å². The van der Waals surface area contributed by atoms with Crippen molar-refractivity contribution in [2.24, 2.45) is 0 Å². The molecule has 100 valence electrons. The molecule has 0 saturated heterocycles. The maximum atomic E-state index is 12.9. The van der Waals surface area contributed by atoms with E-state index in [1.807, 2.05) is 17.5 Å². The summed E-state index contributed by atoms with van der Waals surface area (Å²) in [5.74, 6) is -0.458. The fourth-order valence-electron chi connectivity index (χ4n) is 1.70. The Kier molecular flexibility index (Phi) is 3.03. The summed E-state index contributed by atoms with van der Waals surface area (Å²) in [5, 5.41) is 5.98. The van der Waals surface area contributed by atoms with Crippen LogP contribution in [0.2, 0.25) is 0 Å². The van der Waals surface area contributed by atoms with Gasteiger partial charge in [0.05, 0.1) is 4.88 Å².